The minimum Gasteiger partial charge on any atom is -0.388 e. The first-order chi connectivity index (χ1) is 10.6. The van der Waals surface area contributed by atoms with Gasteiger partial charge in [0, 0.05) is 30.8 Å². The van der Waals surface area contributed by atoms with E-state index in [2.05, 4.69) is 5.32 Å². The van der Waals surface area contributed by atoms with Gasteiger partial charge in [-0.2, -0.15) is 0 Å². The molecule has 0 aliphatic carbocycles. The van der Waals surface area contributed by atoms with Crippen molar-refractivity contribution < 1.29 is 9.18 Å². The monoisotopic (exact) mass is 320 g/mol. The van der Waals surface area contributed by atoms with Crippen molar-refractivity contribution in [2.24, 2.45) is 0 Å². The maximum absolute atomic E-state index is 13.4. The maximum atomic E-state index is 13.4. The Morgan fingerprint density at radius 2 is 2.00 bits per heavy atom. The van der Waals surface area contributed by atoms with Crippen LogP contribution in [0.25, 0.3) is 0 Å². The molecular weight excluding hydrogens is 303 g/mol. The second kappa shape index (κ2) is 7.80. The van der Waals surface area contributed by atoms with Crippen LogP contribution in [-0.2, 0) is 17.8 Å². The molecule has 2 aromatic carbocycles. The van der Waals surface area contributed by atoms with Gasteiger partial charge in [-0.3, -0.25) is 4.79 Å². The van der Waals surface area contributed by atoms with Crippen molar-refractivity contribution in [1.29, 1.82) is 0 Å². The van der Waals surface area contributed by atoms with E-state index in [9.17, 15) is 9.18 Å². The van der Waals surface area contributed by atoms with Gasteiger partial charge in [-0.1, -0.05) is 29.8 Å². The number of hydrogen-bond donors (Lipinski definition) is 1. The fourth-order valence-electron chi connectivity index (χ4n) is 2.29. The molecule has 0 aromatic heterocycles. The lowest BCUT2D eigenvalue weighted by molar-refractivity contribution is -0.118. The largest absolute Gasteiger partial charge is 0.388 e. The third-order valence-electron chi connectivity index (χ3n) is 3.49. The number of carbonyl (C=O) groups excluding carboxylic acids is 1. The van der Waals surface area contributed by atoms with Crippen molar-refractivity contribution in [3.8, 4) is 0 Å². The Kier molecular flexibility index (Phi) is 5.78. The van der Waals surface area contributed by atoms with Crippen LogP contribution in [0.4, 0.5) is 10.1 Å². The van der Waals surface area contributed by atoms with Gasteiger partial charge >= 0.3 is 0 Å². The number of halogens is 2. The normalized spacial score (nSPS) is 10.3. The zero-order chi connectivity index (χ0) is 15.9. The molecule has 22 heavy (non-hydrogen) atoms. The first kappa shape index (κ1) is 16.3. The summed E-state index contributed by atoms with van der Waals surface area (Å²) in [7, 11) is 1.77. The number of rotatable bonds is 7. The van der Waals surface area contributed by atoms with Crippen molar-refractivity contribution in [2.75, 3.05) is 18.9 Å². The van der Waals surface area contributed by atoms with Gasteiger partial charge < -0.3 is 10.2 Å². The van der Waals surface area contributed by atoms with E-state index in [0.717, 1.165) is 23.2 Å². The summed E-state index contributed by atoms with van der Waals surface area (Å²) in [4.78, 5) is 12.9. The van der Waals surface area contributed by atoms with Crippen LogP contribution in [0.3, 0.4) is 0 Å². The van der Waals surface area contributed by atoms with Gasteiger partial charge in [0.1, 0.15) is 5.82 Å². The van der Waals surface area contributed by atoms with E-state index < -0.39 is 0 Å². The smallest absolute Gasteiger partial charge is 0.210 e. The van der Waals surface area contributed by atoms with Gasteiger partial charge in [0.25, 0.3) is 0 Å². The molecule has 0 saturated heterocycles. The molecule has 0 unspecified atom stereocenters. The van der Waals surface area contributed by atoms with Crippen LogP contribution < -0.4 is 5.32 Å². The number of carbonyl (C=O) groups is 1. The number of hydrogen-bond acceptors (Lipinski definition) is 2. The van der Waals surface area contributed by atoms with E-state index >= 15 is 0 Å². The molecule has 0 aliphatic rings. The second-order valence-corrected chi connectivity index (χ2v) is 5.38. The van der Waals surface area contributed by atoms with Gasteiger partial charge in [0.2, 0.25) is 6.41 Å². The van der Waals surface area contributed by atoms with Crippen molar-refractivity contribution in [3.63, 3.8) is 0 Å². The van der Waals surface area contributed by atoms with Crippen LogP contribution in [-0.4, -0.2) is 24.9 Å². The molecule has 116 valence electrons. The molecule has 0 spiro atoms. The van der Waals surface area contributed by atoms with E-state index in [1.165, 1.54) is 12.1 Å². The highest BCUT2D eigenvalue weighted by Gasteiger charge is 2.09. The average molecular weight is 321 g/mol. The van der Waals surface area contributed by atoms with Crippen molar-refractivity contribution in [1.82, 2.24) is 4.90 Å². The molecule has 3 nitrogen and oxygen atoms in total. The molecule has 0 saturated carbocycles. The molecule has 0 radical (unpaired) electrons. The summed E-state index contributed by atoms with van der Waals surface area (Å²) >= 11 is 6.11. The Morgan fingerprint density at radius 1 is 1.23 bits per heavy atom. The Hall–Kier alpha value is -2.07. The van der Waals surface area contributed by atoms with Crippen LogP contribution >= 0.6 is 11.6 Å². The molecule has 2 aromatic rings. The summed E-state index contributed by atoms with van der Waals surface area (Å²) in [6, 6.07) is 12.1. The third-order valence-corrected chi connectivity index (χ3v) is 3.85. The maximum Gasteiger partial charge on any atom is 0.210 e. The van der Waals surface area contributed by atoms with Crippen LogP contribution in [0.15, 0.2) is 42.5 Å². The minimum atomic E-state index is -0.314. The second-order valence-electron chi connectivity index (χ2n) is 4.97. The number of benzene rings is 2. The van der Waals surface area contributed by atoms with E-state index in [1.54, 1.807) is 18.0 Å². The van der Waals surface area contributed by atoms with Gasteiger partial charge in [0.05, 0.1) is 0 Å². The Bertz CT molecular complexity index is 648. The van der Waals surface area contributed by atoms with Crippen molar-refractivity contribution in [2.45, 2.75) is 13.0 Å². The molecule has 0 fully saturated rings. The highest BCUT2D eigenvalue weighted by atomic mass is 35.5. The number of nitrogens with one attached hydrogen (secondary N) is 1. The number of nitrogens with zero attached hydrogens (tertiary/aromatic N) is 1. The predicted octanol–water partition coefficient (Wildman–Crippen LogP) is 3.72. The average Bonchev–Trinajstić information content (AvgIpc) is 2.53. The Labute approximate surface area is 134 Å². The molecule has 1 amide bonds. The summed E-state index contributed by atoms with van der Waals surface area (Å²) in [6.45, 7) is 0.870. The summed E-state index contributed by atoms with van der Waals surface area (Å²) in [6.07, 6.45) is 1.43. The summed E-state index contributed by atoms with van der Waals surface area (Å²) < 4.78 is 13.4. The number of amides is 1. The topological polar surface area (TPSA) is 32.3 Å². The summed E-state index contributed by atoms with van der Waals surface area (Å²) in [5, 5.41) is 3.69. The van der Waals surface area contributed by atoms with E-state index in [4.69, 9.17) is 11.6 Å². The standard InChI is InChI=1S/C17H18ClFN2O/c1-20-17-7-6-15(19)10-14(17)11-21(12-22)9-8-13-4-2-3-5-16(13)18/h2-7,10,12,20H,8-9,11H2,1H3. The lowest BCUT2D eigenvalue weighted by Gasteiger charge is -2.19. The summed E-state index contributed by atoms with van der Waals surface area (Å²) in [5.74, 6) is -0.314. The minimum absolute atomic E-state index is 0.314. The van der Waals surface area contributed by atoms with Gasteiger partial charge in [0.15, 0.2) is 0 Å². The molecule has 0 bridgehead atoms. The molecule has 1 N–H and O–H groups in total. The number of anilines is 1. The molecule has 2 rings (SSSR count). The zero-order valence-corrected chi connectivity index (χ0v) is 13.1. The highest BCUT2D eigenvalue weighted by molar-refractivity contribution is 6.31. The van der Waals surface area contributed by atoms with E-state index in [-0.39, 0.29) is 5.82 Å². The lowest BCUT2D eigenvalue weighted by atomic mass is 10.1. The van der Waals surface area contributed by atoms with Gasteiger partial charge in [-0.05, 0) is 41.8 Å². The molecular formula is C17H18ClFN2O. The first-order valence-electron chi connectivity index (χ1n) is 7.03. The van der Waals surface area contributed by atoms with E-state index in [1.807, 2.05) is 24.3 Å². The van der Waals surface area contributed by atoms with Gasteiger partial charge in [-0.15, -0.1) is 0 Å². The highest BCUT2D eigenvalue weighted by Crippen LogP contribution is 2.19. The fourth-order valence-corrected chi connectivity index (χ4v) is 2.52. The molecule has 5 heteroatoms. The predicted molar refractivity (Wildman–Crippen MR) is 87.6 cm³/mol. The Morgan fingerprint density at radius 3 is 2.68 bits per heavy atom. The Balaban J connectivity index is 2.05. The SMILES string of the molecule is CNc1ccc(F)cc1CN(C=O)CCc1ccccc1Cl. The van der Waals surface area contributed by atoms with Crippen LogP contribution in [0.5, 0.6) is 0 Å². The third kappa shape index (κ3) is 4.21. The summed E-state index contributed by atoms with van der Waals surface area (Å²) in [5.41, 5.74) is 2.55. The van der Waals surface area contributed by atoms with Crippen molar-refractivity contribution >= 4 is 23.7 Å². The zero-order valence-electron chi connectivity index (χ0n) is 12.4. The van der Waals surface area contributed by atoms with Crippen molar-refractivity contribution in [3.05, 3.63) is 64.4 Å². The molecule has 0 aliphatic heterocycles. The molecule has 0 heterocycles. The first-order valence-corrected chi connectivity index (χ1v) is 7.40. The van der Waals surface area contributed by atoms with Gasteiger partial charge in [-0.25, -0.2) is 4.39 Å². The quantitative estimate of drug-likeness (QED) is 0.789. The fraction of sp³-hybridized carbons (Fsp3) is 0.235. The molecule has 0 atom stereocenters. The lowest BCUT2D eigenvalue weighted by Crippen LogP contribution is -2.24. The van der Waals surface area contributed by atoms with Crippen LogP contribution in [0.1, 0.15) is 11.1 Å². The van der Waals surface area contributed by atoms with E-state index in [0.29, 0.717) is 24.5 Å². The van der Waals surface area contributed by atoms with Crippen LogP contribution in [0, 0.1) is 5.82 Å². The van der Waals surface area contributed by atoms with Crippen LogP contribution in [0.2, 0.25) is 5.02 Å².